The number of hydrogen-bond donors (Lipinski definition) is 1. The molecule has 0 fully saturated rings. The number of benzene rings is 1. The van der Waals surface area contributed by atoms with Crippen LogP contribution in [-0.4, -0.2) is 9.19 Å². The van der Waals surface area contributed by atoms with Crippen molar-refractivity contribution in [1.82, 2.24) is 4.98 Å². The second kappa shape index (κ2) is 5.10. The minimum absolute atomic E-state index is 0.436. The van der Waals surface area contributed by atoms with Crippen LogP contribution in [0.2, 0.25) is 0 Å². The van der Waals surface area contributed by atoms with E-state index in [1.165, 1.54) is 0 Å². The molecule has 0 aliphatic carbocycles. The van der Waals surface area contributed by atoms with E-state index in [0.29, 0.717) is 11.4 Å². The summed E-state index contributed by atoms with van der Waals surface area (Å²) in [5, 5.41) is 0. The van der Waals surface area contributed by atoms with E-state index >= 15 is 0 Å². The number of pyridine rings is 1. The monoisotopic (exact) mass is 246 g/mol. The van der Waals surface area contributed by atoms with Crippen molar-refractivity contribution in [2.45, 2.75) is 17.6 Å². The van der Waals surface area contributed by atoms with Gasteiger partial charge in [0.05, 0.1) is 22.2 Å². The summed E-state index contributed by atoms with van der Waals surface area (Å²) in [6, 6.07) is 11.1. The predicted octanol–water partition coefficient (Wildman–Crippen LogP) is 2.28. The number of anilines is 1. The zero-order valence-corrected chi connectivity index (χ0v) is 10.4. The maximum atomic E-state index is 12.2. The number of nitrogens with zero attached hydrogens (tertiary/aromatic N) is 1. The number of nitrogens with two attached hydrogens (primary N) is 1. The number of rotatable bonds is 3. The summed E-state index contributed by atoms with van der Waals surface area (Å²) in [5.74, 6) is 0.436. The third kappa shape index (κ3) is 2.91. The molecular weight excluding hydrogens is 232 g/mol. The van der Waals surface area contributed by atoms with Gasteiger partial charge in [0.2, 0.25) is 0 Å². The van der Waals surface area contributed by atoms with Crippen LogP contribution in [0.5, 0.6) is 0 Å². The molecule has 0 aliphatic heterocycles. The molecule has 0 saturated heterocycles. The lowest BCUT2D eigenvalue weighted by molar-refractivity contribution is 0.681. The number of nitrogen functional groups attached to an aromatic ring is 1. The third-order valence-corrected chi connectivity index (χ3v) is 3.96. The predicted molar refractivity (Wildman–Crippen MR) is 69.9 cm³/mol. The molecule has 0 spiro atoms. The van der Waals surface area contributed by atoms with Crippen LogP contribution < -0.4 is 5.73 Å². The lowest BCUT2D eigenvalue weighted by atomic mass is 10.2. The number of aromatic nitrogens is 1. The normalized spacial score (nSPS) is 12.3. The second-order valence-corrected chi connectivity index (χ2v) is 5.26. The van der Waals surface area contributed by atoms with Gasteiger partial charge in [-0.05, 0) is 42.8 Å². The van der Waals surface area contributed by atoms with Gasteiger partial charge in [-0.15, -0.1) is 0 Å². The van der Waals surface area contributed by atoms with Gasteiger partial charge >= 0.3 is 0 Å². The first-order valence-electron chi connectivity index (χ1n) is 5.31. The van der Waals surface area contributed by atoms with Crippen LogP contribution in [0, 0.1) is 6.92 Å². The Kier molecular flexibility index (Phi) is 3.54. The van der Waals surface area contributed by atoms with Gasteiger partial charge in [-0.3, -0.25) is 9.19 Å². The van der Waals surface area contributed by atoms with Crippen molar-refractivity contribution in [3.05, 3.63) is 53.9 Å². The van der Waals surface area contributed by atoms with Gasteiger partial charge in [-0.1, -0.05) is 6.07 Å². The summed E-state index contributed by atoms with van der Waals surface area (Å²) in [4.78, 5) is 5.00. The van der Waals surface area contributed by atoms with Gasteiger partial charge in [-0.2, -0.15) is 0 Å². The topological polar surface area (TPSA) is 56.0 Å². The molecule has 2 N–H and O–H groups in total. The molecule has 1 atom stereocenters. The summed E-state index contributed by atoms with van der Waals surface area (Å²) < 4.78 is 12.2. The standard InChI is InChI=1S/C13H14N2OS/c1-10-8-11(14)5-6-13(10)17(16)9-12-4-2-3-7-15-12/h2-8H,9,14H2,1H3. The largest absolute Gasteiger partial charge is 0.399 e. The molecule has 2 aromatic rings. The minimum atomic E-state index is -1.07. The average molecular weight is 246 g/mol. The molecule has 17 heavy (non-hydrogen) atoms. The van der Waals surface area contributed by atoms with Gasteiger partial charge in [0.15, 0.2) is 0 Å². The highest BCUT2D eigenvalue weighted by Crippen LogP contribution is 2.18. The van der Waals surface area contributed by atoms with E-state index in [9.17, 15) is 4.21 Å². The van der Waals surface area contributed by atoms with E-state index in [2.05, 4.69) is 4.98 Å². The van der Waals surface area contributed by atoms with Crippen LogP contribution in [-0.2, 0) is 16.6 Å². The first-order valence-corrected chi connectivity index (χ1v) is 6.63. The van der Waals surface area contributed by atoms with Gasteiger partial charge in [0.1, 0.15) is 0 Å². The maximum absolute atomic E-state index is 12.2. The Bertz CT molecular complexity index is 540. The van der Waals surface area contributed by atoms with E-state index in [1.807, 2.05) is 37.3 Å². The highest BCUT2D eigenvalue weighted by molar-refractivity contribution is 7.84. The molecule has 1 heterocycles. The molecule has 2 rings (SSSR count). The van der Waals surface area contributed by atoms with E-state index in [1.54, 1.807) is 12.3 Å². The van der Waals surface area contributed by atoms with Gasteiger partial charge < -0.3 is 5.73 Å². The highest BCUT2D eigenvalue weighted by Gasteiger charge is 2.08. The molecule has 0 aliphatic rings. The van der Waals surface area contributed by atoms with Crippen molar-refractivity contribution in [3.63, 3.8) is 0 Å². The molecule has 0 amide bonds. The Balaban J connectivity index is 2.21. The quantitative estimate of drug-likeness (QED) is 0.845. The number of hydrogen-bond acceptors (Lipinski definition) is 3. The van der Waals surface area contributed by atoms with Gasteiger partial charge in [-0.25, -0.2) is 0 Å². The molecule has 1 unspecified atom stereocenters. The van der Waals surface area contributed by atoms with Crippen LogP contribution >= 0.6 is 0 Å². The first kappa shape index (κ1) is 11.8. The maximum Gasteiger partial charge on any atom is 0.0705 e. The van der Waals surface area contributed by atoms with Gasteiger partial charge in [0, 0.05) is 16.8 Å². The average Bonchev–Trinajstić information content (AvgIpc) is 2.30. The Labute approximate surface area is 103 Å². The van der Waals surface area contributed by atoms with Crippen LogP contribution in [0.25, 0.3) is 0 Å². The summed E-state index contributed by atoms with van der Waals surface area (Å²) in [7, 11) is -1.07. The molecule has 4 heteroatoms. The van der Waals surface area contributed by atoms with Crippen molar-refractivity contribution in [2.75, 3.05) is 5.73 Å². The summed E-state index contributed by atoms with van der Waals surface area (Å²) in [5.41, 5.74) is 8.16. The zero-order chi connectivity index (χ0) is 12.3. The Morgan fingerprint density at radius 3 is 2.76 bits per heavy atom. The fourth-order valence-electron chi connectivity index (χ4n) is 1.62. The molecule has 3 nitrogen and oxygen atoms in total. The van der Waals surface area contributed by atoms with Crippen molar-refractivity contribution in [3.8, 4) is 0 Å². The van der Waals surface area contributed by atoms with E-state index in [0.717, 1.165) is 16.2 Å². The lowest BCUT2D eigenvalue weighted by Gasteiger charge is -2.06. The lowest BCUT2D eigenvalue weighted by Crippen LogP contribution is -2.01. The molecule has 0 radical (unpaired) electrons. The van der Waals surface area contributed by atoms with E-state index < -0.39 is 10.8 Å². The minimum Gasteiger partial charge on any atom is -0.399 e. The second-order valence-electron chi connectivity index (χ2n) is 3.84. The summed E-state index contributed by atoms with van der Waals surface area (Å²) >= 11 is 0. The van der Waals surface area contributed by atoms with Crippen LogP contribution in [0.4, 0.5) is 5.69 Å². The van der Waals surface area contributed by atoms with Crippen molar-refractivity contribution < 1.29 is 4.21 Å². The highest BCUT2D eigenvalue weighted by atomic mass is 32.2. The van der Waals surface area contributed by atoms with E-state index in [4.69, 9.17) is 5.73 Å². The Morgan fingerprint density at radius 1 is 1.29 bits per heavy atom. The molecule has 88 valence electrons. The molecule has 1 aromatic carbocycles. The van der Waals surface area contributed by atoms with Gasteiger partial charge in [0.25, 0.3) is 0 Å². The SMILES string of the molecule is Cc1cc(N)ccc1S(=O)Cc1ccccn1. The zero-order valence-electron chi connectivity index (χ0n) is 9.59. The molecule has 1 aromatic heterocycles. The number of aryl methyl sites for hydroxylation is 1. The summed E-state index contributed by atoms with van der Waals surface area (Å²) in [6.07, 6.45) is 1.71. The third-order valence-electron chi connectivity index (χ3n) is 2.45. The smallest absolute Gasteiger partial charge is 0.0705 e. The first-order chi connectivity index (χ1) is 8.16. The fraction of sp³-hybridized carbons (Fsp3) is 0.154. The summed E-state index contributed by atoms with van der Waals surface area (Å²) in [6.45, 7) is 1.92. The molecule has 0 bridgehead atoms. The van der Waals surface area contributed by atoms with Crippen molar-refractivity contribution in [1.29, 1.82) is 0 Å². The fourth-order valence-corrected chi connectivity index (χ4v) is 2.86. The van der Waals surface area contributed by atoms with Crippen LogP contribution in [0.1, 0.15) is 11.3 Å². The van der Waals surface area contributed by atoms with Crippen LogP contribution in [0.3, 0.4) is 0 Å². The Hall–Kier alpha value is -1.68. The van der Waals surface area contributed by atoms with E-state index in [-0.39, 0.29) is 0 Å². The van der Waals surface area contributed by atoms with Crippen molar-refractivity contribution >= 4 is 16.5 Å². The van der Waals surface area contributed by atoms with Crippen LogP contribution in [0.15, 0.2) is 47.5 Å². The van der Waals surface area contributed by atoms with Crippen molar-refractivity contribution in [2.24, 2.45) is 0 Å². The Morgan fingerprint density at radius 2 is 2.12 bits per heavy atom. The molecular formula is C13H14N2OS. The molecule has 0 saturated carbocycles.